The van der Waals surface area contributed by atoms with Gasteiger partial charge in [0.05, 0.1) is 0 Å². The largest absolute Gasteiger partial charge is 0.480 e. The molecule has 0 radical (unpaired) electrons. The number of ether oxygens (including phenoxy) is 1. The molecular weight excluding hydrogens is 252 g/mol. The van der Waals surface area contributed by atoms with Crippen LogP contribution in [0.2, 0.25) is 0 Å². The van der Waals surface area contributed by atoms with Crippen molar-refractivity contribution in [1.82, 2.24) is 10.2 Å². The molecule has 0 aromatic heterocycles. The summed E-state index contributed by atoms with van der Waals surface area (Å²) in [6.07, 6.45) is 0.619. The molecule has 0 heterocycles. The first-order chi connectivity index (χ1) is 9.47. The van der Waals surface area contributed by atoms with Gasteiger partial charge in [0, 0.05) is 26.2 Å². The average molecular weight is 278 g/mol. The van der Waals surface area contributed by atoms with Crippen LogP contribution in [0, 0.1) is 6.92 Å². The second-order valence-corrected chi connectivity index (χ2v) is 5.23. The van der Waals surface area contributed by atoms with Crippen LogP contribution in [0.3, 0.4) is 0 Å². The van der Waals surface area contributed by atoms with Gasteiger partial charge in [0.15, 0.2) is 6.10 Å². The van der Waals surface area contributed by atoms with Gasteiger partial charge in [-0.15, -0.1) is 0 Å². The van der Waals surface area contributed by atoms with E-state index in [-0.39, 0.29) is 5.91 Å². The van der Waals surface area contributed by atoms with E-state index < -0.39 is 6.10 Å². The van der Waals surface area contributed by atoms with Crippen LogP contribution in [0.5, 0.6) is 5.75 Å². The predicted octanol–water partition coefficient (Wildman–Crippen LogP) is 2.35. The molecule has 0 saturated carbocycles. The SMILES string of the molecule is CCCNCc1cccc(C)c1OC(C)C(=O)N(C)C. The summed E-state index contributed by atoms with van der Waals surface area (Å²) >= 11 is 0. The highest BCUT2D eigenvalue weighted by Crippen LogP contribution is 2.24. The van der Waals surface area contributed by atoms with E-state index in [2.05, 4.69) is 12.2 Å². The molecule has 0 fully saturated rings. The topological polar surface area (TPSA) is 41.6 Å². The number of nitrogens with zero attached hydrogens (tertiary/aromatic N) is 1. The van der Waals surface area contributed by atoms with Crippen molar-refractivity contribution >= 4 is 5.91 Å². The van der Waals surface area contributed by atoms with Gasteiger partial charge >= 0.3 is 0 Å². The predicted molar refractivity (Wildman–Crippen MR) is 82.0 cm³/mol. The van der Waals surface area contributed by atoms with Crippen LogP contribution in [0.4, 0.5) is 0 Å². The number of rotatable bonds is 7. The lowest BCUT2D eigenvalue weighted by Crippen LogP contribution is -2.35. The number of nitrogens with one attached hydrogen (secondary N) is 1. The summed E-state index contributed by atoms with van der Waals surface area (Å²) in [5.41, 5.74) is 2.15. The number of amides is 1. The summed E-state index contributed by atoms with van der Waals surface area (Å²) in [5, 5.41) is 3.37. The number of carbonyl (C=O) groups is 1. The molecule has 0 bridgehead atoms. The van der Waals surface area contributed by atoms with Gasteiger partial charge in [-0.05, 0) is 32.4 Å². The van der Waals surface area contributed by atoms with Crippen molar-refractivity contribution in [3.63, 3.8) is 0 Å². The molecule has 1 atom stereocenters. The van der Waals surface area contributed by atoms with Crippen molar-refractivity contribution < 1.29 is 9.53 Å². The maximum atomic E-state index is 11.9. The standard InChI is InChI=1S/C16H26N2O2/c1-6-10-17-11-14-9-7-8-12(2)15(14)20-13(3)16(19)18(4)5/h7-9,13,17H,6,10-11H2,1-5H3. The second-order valence-electron chi connectivity index (χ2n) is 5.23. The third-order valence-corrected chi connectivity index (χ3v) is 3.12. The van der Waals surface area contributed by atoms with Gasteiger partial charge in [-0.1, -0.05) is 25.1 Å². The Morgan fingerprint density at radius 3 is 2.70 bits per heavy atom. The van der Waals surface area contributed by atoms with Crippen LogP contribution in [-0.4, -0.2) is 37.6 Å². The lowest BCUT2D eigenvalue weighted by atomic mass is 10.1. The Hall–Kier alpha value is -1.55. The minimum Gasteiger partial charge on any atom is -0.480 e. The third-order valence-electron chi connectivity index (χ3n) is 3.12. The van der Waals surface area contributed by atoms with Gasteiger partial charge in [-0.25, -0.2) is 0 Å². The fourth-order valence-electron chi connectivity index (χ4n) is 2.01. The maximum absolute atomic E-state index is 11.9. The number of hydrogen-bond donors (Lipinski definition) is 1. The van der Waals surface area contributed by atoms with E-state index in [0.717, 1.165) is 36.4 Å². The van der Waals surface area contributed by atoms with E-state index >= 15 is 0 Å². The average Bonchev–Trinajstić information content (AvgIpc) is 2.41. The van der Waals surface area contributed by atoms with Crippen molar-refractivity contribution in [2.24, 2.45) is 0 Å². The minimum atomic E-state index is -0.476. The Bertz CT molecular complexity index is 444. The molecule has 1 aromatic rings. The fourth-order valence-corrected chi connectivity index (χ4v) is 2.01. The number of carbonyl (C=O) groups excluding carboxylic acids is 1. The van der Waals surface area contributed by atoms with Crippen LogP contribution >= 0.6 is 0 Å². The van der Waals surface area contributed by atoms with Gasteiger partial charge in [0.25, 0.3) is 5.91 Å². The molecule has 0 aliphatic heterocycles. The normalized spacial score (nSPS) is 12.1. The summed E-state index contributed by atoms with van der Waals surface area (Å²) in [6, 6.07) is 6.06. The Kier molecular flexibility index (Phi) is 6.52. The number of para-hydroxylation sites is 1. The number of benzene rings is 1. The molecule has 0 aliphatic rings. The Morgan fingerprint density at radius 1 is 1.40 bits per heavy atom. The highest BCUT2D eigenvalue weighted by Gasteiger charge is 2.18. The zero-order valence-electron chi connectivity index (χ0n) is 13.2. The van der Waals surface area contributed by atoms with Gasteiger partial charge in [0.1, 0.15) is 5.75 Å². The van der Waals surface area contributed by atoms with E-state index in [0.29, 0.717) is 0 Å². The van der Waals surface area contributed by atoms with Crippen LogP contribution < -0.4 is 10.1 Å². The molecule has 1 unspecified atom stereocenters. The van der Waals surface area contributed by atoms with E-state index in [4.69, 9.17) is 4.74 Å². The van der Waals surface area contributed by atoms with Crippen molar-refractivity contribution in [3.8, 4) is 5.75 Å². The van der Waals surface area contributed by atoms with Crippen molar-refractivity contribution in [3.05, 3.63) is 29.3 Å². The zero-order chi connectivity index (χ0) is 15.1. The maximum Gasteiger partial charge on any atom is 0.262 e. The molecule has 1 aromatic carbocycles. The molecule has 4 nitrogen and oxygen atoms in total. The van der Waals surface area contributed by atoms with Gasteiger partial charge < -0.3 is 15.0 Å². The van der Waals surface area contributed by atoms with Crippen molar-refractivity contribution in [2.45, 2.75) is 39.8 Å². The smallest absolute Gasteiger partial charge is 0.262 e. The number of aryl methyl sites for hydroxylation is 1. The molecular formula is C16H26N2O2. The Morgan fingerprint density at radius 2 is 2.10 bits per heavy atom. The molecule has 4 heteroatoms. The van der Waals surface area contributed by atoms with Crippen LogP contribution in [0.15, 0.2) is 18.2 Å². The van der Waals surface area contributed by atoms with E-state index in [1.165, 1.54) is 0 Å². The van der Waals surface area contributed by atoms with E-state index in [9.17, 15) is 4.79 Å². The van der Waals surface area contributed by atoms with Crippen LogP contribution in [0.25, 0.3) is 0 Å². The van der Waals surface area contributed by atoms with Gasteiger partial charge in [-0.3, -0.25) is 4.79 Å². The van der Waals surface area contributed by atoms with E-state index in [1.807, 2.05) is 25.1 Å². The quantitative estimate of drug-likeness (QED) is 0.778. The first-order valence-corrected chi connectivity index (χ1v) is 7.14. The molecule has 1 amide bonds. The van der Waals surface area contributed by atoms with Gasteiger partial charge in [0.2, 0.25) is 0 Å². The first-order valence-electron chi connectivity index (χ1n) is 7.14. The molecule has 112 valence electrons. The summed E-state index contributed by atoms with van der Waals surface area (Å²) in [7, 11) is 3.48. The Labute approximate surface area is 122 Å². The van der Waals surface area contributed by atoms with E-state index in [1.54, 1.807) is 25.9 Å². The summed E-state index contributed by atoms with van der Waals surface area (Å²) in [6.45, 7) is 7.66. The van der Waals surface area contributed by atoms with Crippen LogP contribution in [-0.2, 0) is 11.3 Å². The van der Waals surface area contributed by atoms with Crippen LogP contribution in [0.1, 0.15) is 31.4 Å². The molecule has 0 aliphatic carbocycles. The highest BCUT2D eigenvalue weighted by atomic mass is 16.5. The fraction of sp³-hybridized carbons (Fsp3) is 0.562. The summed E-state index contributed by atoms with van der Waals surface area (Å²) < 4.78 is 5.90. The molecule has 20 heavy (non-hydrogen) atoms. The highest BCUT2D eigenvalue weighted by molar-refractivity contribution is 5.80. The lowest BCUT2D eigenvalue weighted by Gasteiger charge is -2.21. The number of hydrogen-bond acceptors (Lipinski definition) is 3. The summed E-state index contributed by atoms with van der Waals surface area (Å²) in [4.78, 5) is 13.5. The van der Waals surface area contributed by atoms with Gasteiger partial charge in [-0.2, -0.15) is 0 Å². The van der Waals surface area contributed by atoms with Crippen molar-refractivity contribution in [2.75, 3.05) is 20.6 Å². The number of likely N-dealkylation sites (N-methyl/N-ethyl adjacent to an activating group) is 1. The Balaban J connectivity index is 2.84. The third kappa shape index (κ3) is 4.53. The van der Waals surface area contributed by atoms with Crippen molar-refractivity contribution in [1.29, 1.82) is 0 Å². The molecule has 1 N–H and O–H groups in total. The second kappa shape index (κ2) is 7.90. The molecule has 0 spiro atoms. The monoisotopic (exact) mass is 278 g/mol. The summed E-state index contributed by atoms with van der Waals surface area (Å²) in [5.74, 6) is 0.791. The first kappa shape index (κ1) is 16.5. The lowest BCUT2D eigenvalue weighted by molar-refractivity contribution is -0.135. The molecule has 1 rings (SSSR count). The zero-order valence-corrected chi connectivity index (χ0v) is 13.2. The minimum absolute atomic E-state index is 0.0271. The molecule has 0 saturated heterocycles.